The molecule has 8 heteroatoms. The van der Waals surface area contributed by atoms with Crippen LogP contribution in [0.4, 0.5) is 5.69 Å². The summed E-state index contributed by atoms with van der Waals surface area (Å²) in [6.07, 6.45) is 3.17. The fourth-order valence-corrected chi connectivity index (χ4v) is 4.39. The molecule has 4 rings (SSSR count). The zero-order valence-electron chi connectivity index (χ0n) is 17.5. The first kappa shape index (κ1) is 20.9. The Morgan fingerprint density at radius 1 is 1.10 bits per heavy atom. The summed E-state index contributed by atoms with van der Waals surface area (Å²) in [5, 5.41) is 6.06. The lowest BCUT2D eigenvalue weighted by molar-refractivity contribution is -0.111. The molecule has 0 unspecified atom stereocenters. The van der Waals surface area contributed by atoms with Gasteiger partial charge in [0.25, 0.3) is 0 Å². The third-order valence-corrected chi connectivity index (χ3v) is 5.83. The molecule has 0 fully saturated rings. The van der Waals surface area contributed by atoms with E-state index in [-0.39, 0.29) is 5.91 Å². The molecule has 1 N–H and O–H groups in total. The van der Waals surface area contributed by atoms with Gasteiger partial charge < -0.3 is 24.4 Å². The topological polar surface area (TPSA) is 72.4 Å². The molecular formula is C23H23N3O4S. The molecule has 0 bridgehead atoms. The van der Waals surface area contributed by atoms with Crippen LogP contribution in [0.1, 0.15) is 11.1 Å². The lowest BCUT2D eigenvalue weighted by Gasteiger charge is -2.16. The molecule has 2 aromatic rings. The van der Waals surface area contributed by atoms with Crippen molar-refractivity contribution in [2.24, 2.45) is 4.99 Å². The minimum absolute atomic E-state index is 0.230. The standard InChI is InChI=1S/C23H23N3O4S/c1-28-19-12-15(13-20(29-2)22(19)30-3)4-9-21(27)25-17-7-5-16(6-8-17)18-14-31-23-24-10-11-26(18)23/h4-9,12-14H,10-11H2,1-3H3,(H,25,27). The zero-order valence-corrected chi connectivity index (χ0v) is 18.4. The number of carbonyl (C=O) groups excluding carboxylic acids is 1. The fraction of sp³-hybridized carbons (Fsp3) is 0.217. The second kappa shape index (κ2) is 9.18. The molecule has 1 amide bonds. The SMILES string of the molecule is COc1cc(C=CC(=O)Nc2ccc(C3=CSC4=NCCN34)cc2)cc(OC)c1OC. The van der Waals surface area contributed by atoms with Crippen LogP contribution in [0.25, 0.3) is 11.8 Å². The van der Waals surface area contributed by atoms with E-state index in [4.69, 9.17) is 14.2 Å². The second-order valence-corrected chi connectivity index (χ2v) is 7.63. The first-order chi connectivity index (χ1) is 15.1. The normalized spacial score (nSPS) is 14.9. The predicted molar refractivity (Wildman–Crippen MR) is 125 cm³/mol. The average Bonchev–Trinajstić information content (AvgIpc) is 3.41. The Hall–Kier alpha value is -3.39. The highest BCUT2D eigenvalue weighted by Gasteiger charge is 2.26. The van der Waals surface area contributed by atoms with Crippen molar-refractivity contribution in [3.05, 3.63) is 59.0 Å². The predicted octanol–water partition coefficient (Wildman–Crippen LogP) is 4.08. The Balaban J connectivity index is 1.42. The van der Waals surface area contributed by atoms with E-state index in [1.54, 1.807) is 51.3 Å². The van der Waals surface area contributed by atoms with Crippen LogP contribution < -0.4 is 19.5 Å². The monoisotopic (exact) mass is 437 g/mol. The Labute approximate surface area is 185 Å². The van der Waals surface area contributed by atoms with Crippen LogP contribution in [0.15, 0.2) is 52.9 Å². The van der Waals surface area contributed by atoms with E-state index in [1.165, 1.54) is 6.08 Å². The number of methoxy groups -OCH3 is 3. The highest BCUT2D eigenvalue weighted by molar-refractivity contribution is 8.16. The van der Waals surface area contributed by atoms with Crippen LogP contribution in [0, 0.1) is 0 Å². The van der Waals surface area contributed by atoms with Crippen molar-refractivity contribution in [1.29, 1.82) is 0 Å². The van der Waals surface area contributed by atoms with Crippen molar-refractivity contribution in [1.82, 2.24) is 4.90 Å². The van der Waals surface area contributed by atoms with Crippen LogP contribution >= 0.6 is 11.8 Å². The molecule has 0 saturated carbocycles. The number of ether oxygens (including phenoxy) is 3. The number of benzene rings is 2. The van der Waals surface area contributed by atoms with Gasteiger partial charge in [0, 0.05) is 23.7 Å². The zero-order chi connectivity index (χ0) is 21.8. The first-order valence-corrected chi connectivity index (χ1v) is 10.6. The fourth-order valence-electron chi connectivity index (χ4n) is 3.42. The van der Waals surface area contributed by atoms with Gasteiger partial charge in [-0.3, -0.25) is 9.79 Å². The van der Waals surface area contributed by atoms with Crippen molar-refractivity contribution >= 4 is 40.3 Å². The van der Waals surface area contributed by atoms with Gasteiger partial charge in [0.05, 0.1) is 33.6 Å². The number of amidine groups is 1. The largest absolute Gasteiger partial charge is 0.493 e. The molecule has 0 atom stereocenters. The van der Waals surface area contributed by atoms with E-state index in [9.17, 15) is 4.79 Å². The molecule has 0 aromatic heterocycles. The molecule has 160 valence electrons. The number of carbonyl (C=O) groups is 1. The number of nitrogens with one attached hydrogen (secondary N) is 1. The Bertz CT molecular complexity index is 1050. The summed E-state index contributed by atoms with van der Waals surface area (Å²) in [5.74, 6) is 1.34. The van der Waals surface area contributed by atoms with Crippen LogP contribution in [0.3, 0.4) is 0 Å². The number of anilines is 1. The van der Waals surface area contributed by atoms with Crippen molar-refractivity contribution in [2.45, 2.75) is 0 Å². The lowest BCUT2D eigenvalue weighted by atomic mass is 10.1. The van der Waals surface area contributed by atoms with E-state index in [1.807, 2.05) is 24.3 Å². The average molecular weight is 438 g/mol. The number of nitrogens with zero attached hydrogens (tertiary/aromatic N) is 2. The number of thioether (sulfide) groups is 1. The molecule has 31 heavy (non-hydrogen) atoms. The highest BCUT2D eigenvalue weighted by atomic mass is 32.2. The van der Waals surface area contributed by atoms with E-state index >= 15 is 0 Å². The molecule has 0 spiro atoms. The van der Waals surface area contributed by atoms with Gasteiger partial charge >= 0.3 is 0 Å². The molecule has 2 aliphatic heterocycles. The van der Waals surface area contributed by atoms with Crippen LogP contribution in [-0.2, 0) is 4.79 Å². The third kappa shape index (κ3) is 4.39. The van der Waals surface area contributed by atoms with Crippen molar-refractivity contribution < 1.29 is 19.0 Å². The first-order valence-electron chi connectivity index (χ1n) is 9.71. The van der Waals surface area contributed by atoms with Gasteiger partial charge in [-0.05, 0) is 41.5 Å². The molecule has 0 radical (unpaired) electrons. The number of rotatable bonds is 7. The number of fused-ring (bicyclic) bond motifs is 1. The minimum atomic E-state index is -0.230. The summed E-state index contributed by atoms with van der Waals surface area (Å²) < 4.78 is 16.0. The highest BCUT2D eigenvalue weighted by Crippen LogP contribution is 2.38. The van der Waals surface area contributed by atoms with Crippen LogP contribution in [0.5, 0.6) is 17.2 Å². The molecule has 2 aliphatic rings. The molecule has 2 aromatic carbocycles. The summed E-state index contributed by atoms with van der Waals surface area (Å²) in [5.41, 5.74) is 3.74. The van der Waals surface area contributed by atoms with E-state index in [2.05, 4.69) is 20.6 Å². The van der Waals surface area contributed by atoms with Crippen LogP contribution in [0.2, 0.25) is 0 Å². The minimum Gasteiger partial charge on any atom is -0.493 e. The molecule has 0 aliphatic carbocycles. The van der Waals surface area contributed by atoms with E-state index in [0.717, 1.165) is 40.8 Å². The van der Waals surface area contributed by atoms with Crippen molar-refractivity contribution in [2.75, 3.05) is 39.7 Å². The number of aliphatic imine (C=N–C) groups is 1. The lowest BCUT2D eigenvalue weighted by Crippen LogP contribution is -2.19. The number of amides is 1. The van der Waals surface area contributed by atoms with Crippen LogP contribution in [-0.4, -0.2) is 50.4 Å². The van der Waals surface area contributed by atoms with Crippen molar-refractivity contribution in [3.63, 3.8) is 0 Å². The molecule has 0 saturated heterocycles. The Morgan fingerprint density at radius 2 is 1.81 bits per heavy atom. The van der Waals surface area contributed by atoms with Gasteiger partial charge in [0.15, 0.2) is 16.7 Å². The summed E-state index contributed by atoms with van der Waals surface area (Å²) in [7, 11) is 4.66. The quantitative estimate of drug-likeness (QED) is 0.658. The number of hydrogen-bond acceptors (Lipinski definition) is 7. The Morgan fingerprint density at radius 3 is 2.45 bits per heavy atom. The maximum Gasteiger partial charge on any atom is 0.248 e. The van der Waals surface area contributed by atoms with E-state index < -0.39 is 0 Å². The maximum absolute atomic E-state index is 12.4. The van der Waals surface area contributed by atoms with E-state index in [0.29, 0.717) is 17.2 Å². The molecule has 7 nitrogen and oxygen atoms in total. The molecule has 2 heterocycles. The van der Waals surface area contributed by atoms with Gasteiger partial charge in [0.2, 0.25) is 11.7 Å². The second-order valence-electron chi connectivity index (χ2n) is 6.80. The van der Waals surface area contributed by atoms with Gasteiger partial charge in [-0.2, -0.15) is 0 Å². The Kier molecular flexibility index (Phi) is 6.18. The molecular weight excluding hydrogens is 414 g/mol. The third-order valence-electron chi connectivity index (χ3n) is 4.93. The maximum atomic E-state index is 12.4. The van der Waals surface area contributed by atoms with Gasteiger partial charge in [-0.15, -0.1) is 0 Å². The number of hydrogen-bond donors (Lipinski definition) is 1. The van der Waals surface area contributed by atoms with Crippen molar-refractivity contribution in [3.8, 4) is 17.2 Å². The summed E-state index contributed by atoms with van der Waals surface area (Å²) >= 11 is 1.65. The van der Waals surface area contributed by atoms with Gasteiger partial charge in [-0.25, -0.2) is 0 Å². The summed E-state index contributed by atoms with van der Waals surface area (Å²) in [6, 6.07) is 11.4. The van der Waals surface area contributed by atoms with Gasteiger partial charge in [0.1, 0.15) is 0 Å². The summed E-state index contributed by atoms with van der Waals surface area (Å²) in [4.78, 5) is 19.1. The smallest absolute Gasteiger partial charge is 0.248 e. The van der Waals surface area contributed by atoms with Gasteiger partial charge in [-0.1, -0.05) is 23.9 Å². The summed E-state index contributed by atoms with van der Waals surface area (Å²) in [6.45, 7) is 1.75.